The van der Waals surface area contributed by atoms with Crippen molar-refractivity contribution in [2.45, 2.75) is 13.5 Å². The number of halogens is 1. The Balaban J connectivity index is 2.17. The van der Waals surface area contributed by atoms with E-state index in [0.717, 1.165) is 11.5 Å². The average Bonchev–Trinajstić information content (AvgIpc) is 2.73. The Kier molecular flexibility index (Phi) is 3.66. The van der Waals surface area contributed by atoms with Crippen LogP contribution in [-0.2, 0) is 6.54 Å². The maximum Gasteiger partial charge on any atom is 0.322 e. The molecule has 0 aromatic carbocycles. The predicted molar refractivity (Wildman–Crippen MR) is 66.9 cm³/mol. The van der Waals surface area contributed by atoms with E-state index in [0.29, 0.717) is 12.5 Å². The maximum absolute atomic E-state index is 5.79. The Bertz CT molecular complexity index is 544. The molecule has 0 atom stereocenters. The van der Waals surface area contributed by atoms with Gasteiger partial charge in [-0.2, -0.15) is 15.0 Å². The first kappa shape index (κ1) is 12.6. The van der Waals surface area contributed by atoms with Gasteiger partial charge in [0.2, 0.25) is 11.2 Å². The van der Waals surface area contributed by atoms with Crippen molar-refractivity contribution < 1.29 is 9.15 Å². The smallest absolute Gasteiger partial charge is 0.322 e. The standard InChI is InChI=1S/C11H13ClN4O2/c1-7-4-5-8(18-7)6-16(2)10-13-9(12)14-11(15-10)17-3/h4-5H,6H2,1-3H3. The second-order valence-corrected chi connectivity index (χ2v) is 4.10. The third-order valence-electron chi connectivity index (χ3n) is 2.29. The van der Waals surface area contributed by atoms with E-state index in [9.17, 15) is 0 Å². The topological polar surface area (TPSA) is 64.3 Å². The molecular weight excluding hydrogens is 256 g/mol. The molecule has 0 fully saturated rings. The van der Waals surface area contributed by atoms with E-state index in [1.54, 1.807) is 4.90 Å². The van der Waals surface area contributed by atoms with E-state index in [1.165, 1.54) is 7.11 Å². The minimum absolute atomic E-state index is 0.0966. The van der Waals surface area contributed by atoms with E-state index in [2.05, 4.69) is 15.0 Å². The fraction of sp³-hybridized carbons (Fsp3) is 0.364. The van der Waals surface area contributed by atoms with Crippen LogP contribution in [-0.4, -0.2) is 29.1 Å². The number of hydrogen-bond acceptors (Lipinski definition) is 6. The summed E-state index contributed by atoms with van der Waals surface area (Å²) in [6.45, 7) is 2.43. The van der Waals surface area contributed by atoms with E-state index >= 15 is 0 Å². The Morgan fingerprint density at radius 3 is 2.72 bits per heavy atom. The van der Waals surface area contributed by atoms with Crippen molar-refractivity contribution in [2.75, 3.05) is 19.1 Å². The summed E-state index contributed by atoms with van der Waals surface area (Å²) in [5.74, 6) is 2.12. The molecule has 0 amide bonds. The molecule has 2 aromatic rings. The summed E-state index contributed by atoms with van der Waals surface area (Å²) in [7, 11) is 3.31. The molecule has 0 saturated heterocycles. The molecule has 18 heavy (non-hydrogen) atoms. The molecule has 0 N–H and O–H groups in total. The van der Waals surface area contributed by atoms with Gasteiger partial charge < -0.3 is 14.1 Å². The molecule has 0 spiro atoms. The van der Waals surface area contributed by atoms with Crippen LogP contribution < -0.4 is 9.64 Å². The number of hydrogen-bond donors (Lipinski definition) is 0. The summed E-state index contributed by atoms with van der Waals surface area (Å²) in [6.07, 6.45) is 0. The maximum atomic E-state index is 5.79. The van der Waals surface area contributed by atoms with Crippen LogP contribution in [0, 0.1) is 6.92 Å². The number of nitrogens with zero attached hydrogens (tertiary/aromatic N) is 4. The summed E-state index contributed by atoms with van der Waals surface area (Å²) < 4.78 is 10.4. The number of aryl methyl sites for hydroxylation is 1. The quantitative estimate of drug-likeness (QED) is 0.846. The van der Waals surface area contributed by atoms with Crippen molar-refractivity contribution >= 4 is 17.5 Å². The van der Waals surface area contributed by atoms with Crippen LogP contribution in [0.25, 0.3) is 0 Å². The van der Waals surface area contributed by atoms with Crippen molar-refractivity contribution in [3.8, 4) is 6.01 Å². The number of aromatic nitrogens is 3. The fourth-order valence-electron chi connectivity index (χ4n) is 1.46. The van der Waals surface area contributed by atoms with Crippen LogP contribution in [0.1, 0.15) is 11.5 Å². The van der Waals surface area contributed by atoms with Gasteiger partial charge in [0.25, 0.3) is 0 Å². The third kappa shape index (κ3) is 2.89. The van der Waals surface area contributed by atoms with Gasteiger partial charge in [0.1, 0.15) is 11.5 Å². The lowest BCUT2D eigenvalue weighted by Crippen LogP contribution is -2.19. The molecule has 0 saturated carbocycles. The summed E-state index contributed by atoms with van der Waals surface area (Å²) in [5, 5.41) is 0.0966. The summed E-state index contributed by atoms with van der Waals surface area (Å²) in [5.41, 5.74) is 0. The van der Waals surface area contributed by atoms with E-state index in [4.69, 9.17) is 20.8 Å². The largest absolute Gasteiger partial charge is 0.467 e. The second kappa shape index (κ2) is 5.22. The molecule has 0 radical (unpaired) electrons. The SMILES string of the molecule is COc1nc(Cl)nc(N(C)Cc2ccc(C)o2)n1. The van der Waals surface area contributed by atoms with Gasteiger partial charge in [-0.1, -0.05) is 0 Å². The van der Waals surface area contributed by atoms with Gasteiger partial charge in [0.05, 0.1) is 13.7 Å². The van der Waals surface area contributed by atoms with Crippen molar-refractivity contribution in [1.82, 2.24) is 15.0 Å². The Labute approximate surface area is 110 Å². The lowest BCUT2D eigenvalue weighted by molar-refractivity contribution is 0.378. The molecule has 0 unspecified atom stereocenters. The van der Waals surface area contributed by atoms with Crippen molar-refractivity contribution in [2.24, 2.45) is 0 Å². The lowest BCUT2D eigenvalue weighted by Gasteiger charge is -2.15. The van der Waals surface area contributed by atoms with Crippen LogP contribution in [0.2, 0.25) is 5.28 Å². The highest BCUT2D eigenvalue weighted by Gasteiger charge is 2.11. The molecule has 0 aliphatic heterocycles. The average molecular weight is 269 g/mol. The minimum atomic E-state index is 0.0966. The highest BCUT2D eigenvalue weighted by molar-refractivity contribution is 6.28. The molecule has 2 rings (SSSR count). The molecule has 6 nitrogen and oxygen atoms in total. The molecule has 2 aromatic heterocycles. The first-order chi connectivity index (χ1) is 8.58. The number of methoxy groups -OCH3 is 1. The van der Waals surface area contributed by atoms with Crippen LogP contribution in [0.4, 0.5) is 5.95 Å². The Morgan fingerprint density at radius 2 is 2.11 bits per heavy atom. The first-order valence-electron chi connectivity index (χ1n) is 5.30. The van der Waals surface area contributed by atoms with Crippen molar-refractivity contribution in [3.63, 3.8) is 0 Å². The molecule has 0 bridgehead atoms. The number of anilines is 1. The second-order valence-electron chi connectivity index (χ2n) is 3.76. The highest BCUT2D eigenvalue weighted by Crippen LogP contribution is 2.16. The van der Waals surface area contributed by atoms with Gasteiger partial charge in [-0.05, 0) is 30.7 Å². The van der Waals surface area contributed by atoms with Crippen LogP contribution in [0.5, 0.6) is 6.01 Å². The van der Waals surface area contributed by atoms with Crippen molar-refractivity contribution in [3.05, 3.63) is 28.9 Å². The fourth-order valence-corrected chi connectivity index (χ4v) is 1.61. The van der Waals surface area contributed by atoms with Gasteiger partial charge in [-0.3, -0.25) is 0 Å². The monoisotopic (exact) mass is 268 g/mol. The predicted octanol–water partition coefficient (Wildman–Crippen LogP) is 2.07. The highest BCUT2D eigenvalue weighted by atomic mass is 35.5. The van der Waals surface area contributed by atoms with Gasteiger partial charge in [0, 0.05) is 7.05 Å². The van der Waals surface area contributed by atoms with Crippen LogP contribution >= 0.6 is 11.6 Å². The zero-order chi connectivity index (χ0) is 13.1. The van der Waals surface area contributed by atoms with Crippen LogP contribution in [0.15, 0.2) is 16.5 Å². The number of ether oxygens (including phenoxy) is 1. The molecule has 7 heteroatoms. The van der Waals surface area contributed by atoms with Gasteiger partial charge in [-0.25, -0.2) is 0 Å². The Morgan fingerprint density at radius 1 is 1.33 bits per heavy atom. The summed E-state index contributed by atoms with van der Waals surface area (Å²) in [6, 6.07) is 4.00. The Hall–Kier alpha value is -1.82. The number of furan rings is 1. The van der Waals surface area contributed by atoms with E-state index in [-0.39, 0.29) is 11.3 Å². The normalized spacial score (nSPS) is 10.4. The summed E-state index contributed by atoms with van der Waals surface area (Å²) in [4.78, 5) is 13.8. The zero-order valence-corrected chi connectivity index (χ0v) is 11.1. The third-order valence-corrected chi connectivity index (χ3v) is 2.46. The van der Waals surface area contributed by atoms with E-state index in [1.807, 2.05) is 26.1 Å². The summed E-state index contributed by atoms with van der Waals surface area (Å²) >= 11 is 5.79. The first-order valence-corrected chi connectivity index (χ1v) is 5.68. The van der Waals surface area contributed by atoms with Crippen molar-refractivity contribution in [1.29, 1.82) is 0 Å². The molecule has 2 heterocycles. The van der Waals surface area contributed by atoms with E-state index < -0.39 is 0 Å². The van der Waals surface area contributed by atoms with Gasteiger partial charge >= 0.3 is 6.01 Å². The molecule has 0 aliphatic rings. The van der Waals surface area contributed by atoms with Gasteiger partial charge in [0.15, 0.2) is 0 Å². The molecule has 0 aliphatic carbocycles. The lowest BCUT2D eigenvalue weighted by atomic mass is 10.4. The van der Waals surface area contributed by atoms with Crippen LogP contribution in [0.3, 0.4) is 0 Å². The number of rotatable bonds is 4. The molecule has 96 valence electrons. The van der Waals surface area contributed by atoms with Gasteiger partial charge in [-0.15, -0.1) is 0 Å². The molecular formula is C11H13ClN4O2. The minimum Gasteiger partial charge on any atom is -0.467 e. The zero-order valence-electron chi connectivity index (χ0n) is 10.3.